The number of phenolic OH excluding ortho intramolecular Hbond substituents is 1. The normalized spacial score (nSPS) is 32.5. The molecule has 3 aliphatic carbocycles. The first kappa shape index (κ1) is 20.8. The van der Waals surface area contributed by atoms with Crippen molar-refractivity contribution in [3.63, 3.8) is 0 Å². The number of rotatable bonds is 2. The lowest BCUT2D eigenvalue weighted by molar-refractivity contribution is -0.147. The summed E-state index contributed by atoms with van der Waals surface area (Å²) in [5.41, 5.74) is 18.2. The Kier molecular flexibility index (Phi) is 4.23. The van der Waals surface area contributed by atoms with E-state index < -0.39 is 63.3 Å². The lowest BCUT2D eigenvalue weighted by Crippen LogP contribution is -2.65. The fourth-order valence-corrected chi connectivity index (χ4v) is 5.18. The Morgan fingerprint density at radius 1 is 1.19 bits per heavy atom. The van der Waals surface area contributed by atoms with Gasteiger partial charge in [-0.3, -0.25) is 14.4 Å². The van der Waals surface area contributed by atoms with E-state index >= 15 is 0 Å². The molecule has 0 spiro atoms. The predicted molar refractivity (Wildman–Crippen MR) is 107 cm³/mol. The molecule has 11 heteroatoms. The van der Waals surface area contributed by atoms with Gasteiger partial charge in [-0.25, -0.2) is 0 Å². The van der Waals surface area contributed by atoms with Gasteiger partial charge in [0.2, 0.25) is 5.78 Å². The Labute approximate surface area is 175 Å². The Morgan fingerprint density at radius 3 is 2.42 bits per heavy atom. The number of ketones is 2. The molecule has 0 heterocycles. The average Bonchev–Trinajstić information content (AvgIpc) is 2.71. The molecule has 4 atom stereocenters. The van der Waals surface area contributed by atoms with Crippen LogP contribution in [0.15, 0.2) is 34.8 Å². The van der Waals surface area contributed by atoms with Gasteiger partial charge in [0.05, 0.1) is 11.6 Å². The number of primary amides is 1. The molecule has 31 heavy (non-hydrogen) atoms. The number of hydrogen-bond acceptors (Lipinski definition) is 10. The van der Waals surface area contributed by atoms with E-state index in [1.807, 2.05) is 0 Å². The number of hydrogen-bond donors (Lipinski definition) is 8. The lowest BCUT2D eigenvalue weighted by Gasteiger charge is -2.52. The number of amides is 1. The first-order valence-electron chi connectivity index (χ1n) is 9.47. The summed E-state index contributed by atoms with van der Waals surface area (Å²) in [4.78, 5) is 38.1. The molecule has 11 nitrogen and oxygen atoms in total. The molecule has 164 valence electrons. The summed E-state index contributed by atoms with van der Waals surface area (Å²) in [5.74, 6) is -7.12. The van der Waals surface area contributed by atoms with E-state index in [0.717, 1.165) is 0 Å². The number of benzene rings is 1. The highest BCUT2D eigenvalue weighted by molar-refractivity contribution is 6.25. The van der Waals surface area contributed by atoms with Crippen molar-refractivity contribution in [3.8, 4) is 5.75 Å². The van der Waals surface area contributed by atoms with Crippen LogP contribution in [0, 0.1) is 11.3 Å². The summed E-state index contributed by atoms with van der Waals surface area (Å²) in [6, 6.07) is 1.19. The van der Waals surface area contributed by atoms with E-state index in [2.05, 4.69) is 0 Å². The quantitative estimate of drug-likeness (QED) is 0.152. The fourth-order valence-electron chi connectivity index (χ4n) is 5.18. The van der Waals surface area contributed by atoms with Crippen LogP contribution in [-0.4, -0.2) is 56.1 Å². The number of fused-ring (bicyclic) bond motifs is 3. The minimum atomic E-state index is -2.78. The van der Waals surface area contributed by atoms with Gasteiger partial charge < -0.3 is 43.4 Å². The van der Waals surface area contributed by atoms with Gasteiger partial charge in [0.1, 0.15) is 22.8 Å². The highest BCUT2D eigenvalue weighted by Gasteiger charge is 2.65. The first-order chi connectivity index (χ1) is 14.4. The average molecular weight is 430 g/mol. The minimum Gasteiger partial charge on any atom is -0.510 e. The Bertz CT molecular complexity index is 1140. The van der Waals surface area contributed by atoms with Crippen LogP contribution in [0.25, 0.3) is 0 Å². The summed E-state index contributed by atoms with van der Waals surface area (Å²) >= 11 is 0. The number of aliphatic hydroxyl groups excluding tert-OH is 2. The van der Waals surface area contributed by atoms with Crippen molar-refractivity contribution in [1.82, 2.24) is 0 Å². The predicted octanol–water partition coefficient (Wildman–Crippen LogP) is -1.57. The summed E-state index contributed by atoms with van der Waals surface area (Å²) in [6.45, 7) is -0.201. The highest BCUT2D eigenvalue weighted by atomic mass is 16.3. The van der Waals surface area contributed by atoms with Crippen molar-refractivity contribution in [3.05, 3.63) is 45.9 Å². The van der Waals surface area contributed by atoms with Gasteiger partial charge in [0.25, 0.3) is 5.91 Å². The first-order valence-corrected chi connectivity index (χ1v) is 9.47. The number of aliphatic hydroxyl groups is 3. The fraction of sp³-hybridized carbons (Fsp3) is 0.350. The molecular weight excluding hydrogens is 408 g/mol. The van der Waals surface area contributed by atoms with E-state index in [9.17, 15) is 34.8 Å². The van der Waals surface area contributed by atoms with E-state index in [1.165, 1.54) is 12.1 Å². The molecule has 0 saturated heterocycles. The van der Waals surface area contributed by atoms with Crippen molar-refractivity contribution in [2.75, 3.05) is 12.3 Å². The molecule has 3 aliphatic rings. The van der Waals surface area contributed by atoms with Gasteiger partial charge in [-0.2, -0.15) is 0 Å². The van der Waals surface area contributed by atoms with E-state index in [1.54, 1.807) is 0 Å². The van der Waals surface area contributed by atoms with Gasteiger partial charge in [-0.1, -0.05) is 0 Å². The third-order valence-corrected chi connectivity index (χ3v) is 6.79. The largest absolute Gasteiger partial charge is 0.510 e. The number of aromatic hydroxyl groups is 1. The number of carbonyl (C=O) groups is 3. The van der Waals surface area contributed by atoms with Crippen LogP contribution < -0.4 is 22.9 Å². The second-order valence-corrected chi connectivity index (χ2v) is 8.30. The lowest BCUT2D eigenvalue weighted by atomic mass is 9.52. The molecule has 0 bridgehead atoms. The number of Topliss-reactive ketones (excluding diaryl/α,β-unsaturated/α-hetero) is 2. The molecule has 0 saturated carbocycles. The van der Waals surface area contributed by atoms with Gasteiger partial charge in [-0.05, 0) is 30.5 Å². The number of anilines is 1. The maximum absolute atomic E-state index is 13.4. The van der Waals surface area contributed by atoms with Crippen molar-refractivity contribution < 1.29 is 34.8 Å². The number of nitrogens with two attached hydrogens (primary N) is 4. The smallest absolute Gasteiger partial charge is 0.255 e. The molecule has 0 radical (unpaired) electrons. The Morgan fingerprint density at radius 2 is 1.84 bits per heavy atom. The van der Waals surface area contributed by atoms with Gasteiger partial charge >= 0.3 is 0 Å². The zero-order valence-corrected chi connectivity index (χ0v) is 16.3. The number of carbonyl (C=O) groups excluding carboxylic acids is 3. The van der Waals surface area contributed by atoms with Crippen molar-refractivity contribution in [1.29, 1.82) is 0 Å². The van der Waals surface area contributed by atoms with Gasteiger partial charge in [-0.15, -0.1) is 0 Å². The zero-order valence-electron chi connectivity index (χ0n) is 16.3. The van der Waals surface area contributed by atoms with Crippen LogP contribution >= 0.6 is 0 Å². The van der Waals surface area contributed by atoms with Crippen LogP contribution in [0.2, 0.25) is 0 Å². The summed E-state index contributed by atoms with van der Waals surface area (Å²) in [5, 5.41) is 43.0. The van der Waals surface area contributed by atoms with Crippen LogP contribution in [0.5, 0.6) is 5.75 Å². The summed E-state index contributed by atoms with van der Waals surface area (Å²) in [6.07, 6.45) is -0.187. The van der Waals surface area contributed by atoms with Crippen LogP contribution in [0.1, 0.15) is 22.3 Å². The maximum atomic E-state index is 13.4. The third-order valence-electron chi connectivity index (χ3n) is 6.79. The van der Waals surface area contributed by atoms with E-state index in [4.69, 9.17) is 22.9 Å². The van der Waals surface area contributed by atoms with Crippen LogP contribution in [0.4, 0.5) is 5.69 Å². The van der Waals surface area contributed by atoms with E-state index in [0.29, 0.717) is 5.56 Å². The molecule has 12 N–H and O–H groups in total. The second kappa shape index (κ2) is 6.30. The summed E-state index contributed by atoms with van der Waals surface area (Å²) < 4.78 is 0. The molecule has 0 aliphatic heterocycles. The van der Waals surface area contributed by atoms with E-state index in [-0.39, 0.29) is 36.2 Å². The van der Waals surface area contributed by atoms with Gasteiger partial charge in [0.15, 0.2) is 11.4 Å². The maximum Gasteiger partial charge on any atom is 0.255 e. The Balaban J connectivity index is 2.04. The van der Waals surface area contributed by atoms with Crippen LogP contribution in [-0.2, 0) is 16.0 Å². The van der Waals surface area contributed by atoms with Crippen molar-refractivity contribution in [2.24, 2.45) is 28.5 Å². The Hall–Kier alpha value is -3.41. The zero-order chi connectivity index (χ0) is 23.0. The number of nitrogen functional groups attached to an aromatic ring is 1. The molecule has 0 fully saturated rings. The molecule has 0 aromatic heterocycles. The van der Waals surface area contributed by atoms with Crippen molar-refractivity contribution in [2.45, 2.75) is 24.5 Å². The molecule has 1 aromatic rings. The number of phenols is 1. The minimum absolute atomic E-state index is 0.00480. The highest BCUT2D eigenvalue weighted by Crippen LogP contribution is 2.56. The van der Waals surface area contributed by atoms with Crippen molar-refractivity contribution >= 4 is 23.2 Å². The molecule has 4 rings (SSSR count). The molecule has 0 unspecified atom stereocenters. The monoisotopic (exact) mass is 430 g/mol. The topological polar surface area (TPSA) is 236 Å². The standard InChI is InChI=1S/C20H22N4O7/c21-5-19-3-6-8(22)1-2-9(25)10(6)14(26)12(19)17(29)20(31)7(4-19)13(23)15(27)11(16(20)28)18(24)30/h1-2,7,13,25,27,29,31H,3-5,21-23H2,(H2,24,30)/t7-,13-,19-,20+/m0/s1. The molecule has 1 aromatic carbocycles. The SMILES string of the molecule is NC[C@@]12Cc3c(N)ccc(O)c3C(=O)C1=C(O)[C@]1(O)C(=O)C(C(N)=O)=C(O)[C@@H](N)[C@@H]1C2. The van der Waals surface area contributed by atoms with Crippen LogP contribution in [0.3, 0.4) is 0 Å². The second-order valence-electron chi connectivity index (χ2n) is 8.30. The van der Waals surface area contributed by atoms with Gasteiger partial charge in [0, 0.05) is 29.1 Å². The summed E-state index contributed by atoms with van der Waals surface area (Å²) in [7, 11) is 0. The molecule has 1 amide bonds. The molecular formula is C20H22N4O7. The third kappa shape index (κ3) is 2.36.